The van der Waals surface area contributed by atoms with E-state index in [0.717, 1.165) is 30.5 Å². The van der Waals surface area contributed by atoms with Gasteiger partial charge >= 0.3 is 0 Å². The number of rotatable bonds is 6. The molecule has 1 saturated carbocycles. The largest absolute Gasteiger partial charge is 0.309 e. The number of sulfonamides is 1. The minimum Gasteiger partial charge on any atom is -0.309 e. The predicted octanol–water partition coefficient (Wildman–Crippen LogP) is 3.04. The van der Waals surface area contributed by atoms with Gasteiger partial charge in [0.05, 0.1) is 4.90 Å². The third-order valence-corrected chi connectivity index (χ3v) is 6.77. The SMILES string of the molecule is C[C@@H]1Cc2ccccc2N1C(=O)CCc1ccc(S(=O)(=O)NC2CC2)cc1. The summed E-state index contributed by atoms with van der Waals surface area (Å²) in [4.78, 5) is 14.9. The lowest BCUT2D eigenvalue weighted by Gasteiger charge is -2.22. The van der Waals surface area contributed by atoms with Gasteiger partial charge in [-0.3, -0.25) is 4.79 Å². The molecule has 0 bridgehead atoms. The minimum atomic E-state index is -3.42. The number of aryl methyl sites for hydroxylation is 1. The van der Waals surface area contributed by atoms with Crippen molar-refractivity contribution in [2.45, 2.75) is 56.0 Å². The van der Waals surface area contributed by atoms with Crippen molar-refractivity contribution in [2.24, 2.45) is 0 Å². The fourth-order valence-corrected chi connectivity index (χ4v) is 4.95. The van der Waals surface area contributed by atoms with Crippen LogP contribution in [0.2, 0.25) is 0 Å². The highest BCUT2D eigenvalue weighted by Gasteiger charge is 2.30. The molecule has 0 spiro atoms. The second-order valence-electron chi connectivity index (χ2n) is 7.49. The van der Waals surface area contributed by atoms with E-state index >= 15 is 0 Å². The van der Waals surface area contributed by atoms with Gasteiger partial charge in [0.1, 0.15) is 0 Å². The maximum atomic E-state index is 12.8. The highest BCUT2D eigenvalue weighted by molar-refractivity contribution is 7.89. The number of anilines is 1. The van der Waals surface area contributed by atoms with E-state index in [1.807, 2.05) is 23.1 Å². The van der Waals surface area contributed by atoms with Crippen molar-refractivity contribution >= 4 is 21.6 Å². The number of carbonyl (C=O) groups is 1. The van der Waals surface area contributed by atoms with Crippen LogP contribution in [-0.4, -0.2) is 26.4 Å². The fraction of sp³-hybridized carbons (Fsp3) is 0.381. The first-order chi connectivity index (χ1) is 12.9. The third kappa shape index (κ3) is 3.92. The number of amides is 1. The topological polar surface area (TPSA) is 66.5 Å². The molecule has 2 aromatic carbocycles. The van der Waals surface area contributed by atoms with Gasteiger partial charge in [0.25, 0.3) is 0 Å². The van der Waals surface area contributed by atoms with Crippen LogP contribution in [0.5, 0.6) is 0 Å². The molecule has 2 aliphatic rings. The van der Waals surface area contributed by atoms with Crippen molar-refractivity contribution in [1.29, 1.82) is 0 Å². The summed E-state index contributed by atoms with van der Waals surface area (Å²) in [5.74, 6) is 0.111. The lowest BCUT2D eigenvalue weighted by Crippen LogP contribution is -2.35. The number of para-hydroxylation sites is 1. The molecule has 1 N–H and O–H groups in total. The molecular weight excluding hydrogens is 360 g/mol. The summed E-state index contributed by atoms with van der Waals surface area (Å²) < 4.78 is 27.1. The normalized spacial score (nSPS) is 19.1. The monoisotopic (exact) mass is 384 g/mol. The minimum absolute atomic E-state index is 0.0950. The van der Waals surface area contributed by atoms with Gasteiger partial charge in [0.15, 0.2) is 0 Å². The van der Waals surface area contributed by atoms with E-state index in [4.69, 9.17) is 0 Å². The van der Waals surface area contributed by atoms with Gasteiger partial charge in [0, 0.05) is 24.2 Å². The quantitative estimate of drug-likeness (QED) is 0.832. The molecule has 0 saturated heterocycles. The van der Waals surface area contributed by atoms with E-state index in [1.54, 1.807) is 24.3 Å². The molecule has 1 aliphatic heterocycles. The summed E-state index contributed by atoms with van der Waals surface area (Å²) >= 11 is 0. The van der Waals surface area contributed by atoms with Crippen molar-refractivity contribution in [1.82, 2.24) is 4.72 Å². The van der Waals surface area contributed by atoms with Crippen LogP contribution in [0.1, 0.15) is 37.3 Å². The molecule has 6 heteroatoms. The van der Waals surface area contributed by atoms with Gasteiger partial charge in [-0.15, -0.1) is 0 Å². The Morgan fingerprint density at radius 2 is 1.81 bits per heavy atom. The average molecular weight is 385 g/mol. The lowest BCUT2D eigenvalue weighted by atomic mass is 10.1. The van der Waals surface area contributed by atoms with Gasteiger partial charge in [0.2, 0.25) is 15.9 Å². The first-order valence-corrected chi connectivity index (χ1v) is 10.9. The van der Waals surface area contributed by atoms with Crippen molar-refractivity contribution in [2.75, 3.05) is 4.90 Å². The number of fused-ring (bicyclic) bond motifs is 1. The Morgan fingerprint density at radius 1 is 1.11 bits per heavy atom. The Bertz CT molecular complexity index is 950. The number of nitrogens with one attached hydrogen (secondary N) is 1. The molecule has 5 nitrogen and oxygen atoms in total. The van der Waals surface area contributed by atoms with Crippen LogP contribution in [0.25, 0.3) is 0 Å². The molecule has 1 atom stereocenters. The number of carbonyl (C=O) groups excluding carboxylic acids is 1. The Morgan fingerprint density at radius 3 is 2.52 bits per heavy atom. The zero-order chi connectivity index (χ0) is 19.0. The van der Waals surface area contributed by atoms with Crippen LogP contribution in [0.3, 0.4) is 0 Å². The Balaban J connectivity index is 1.39. The first kappa shape index (κ1) is 18.2. The smallest absolute Gasteiger partial charge is 0.240 e. The van der Waals surface area contributed by atoms with Gasteiger partial charge < -0.3 is 4.90 Å². The molecule has 1 aliphatic carbocycles. The fourth-order valence-electron chi connectivity index (χ4n) is 3.64. The van der Waals surface area contributed by atoms with Crippen LogP contribution in [-0.2, 0) is 27.7 Å². The van der Waals surface area contributed by atoms with Crippen LogP contribution < -0.4 is 9.62 Å². The summed E-state index contributed by atoms with van der Waals surface area (Å²) in [5.41, 5.74) is 3.20. The average Bonchev–Trinajstić information content (AvgIpc) is 3.38. The number of benzene rings is 2. The van der Waals surface area contributed by atoms with Crippen LogP contribution in [0.15, 0.2) is 53.4 Å². The van der Waals surface area contributed by atoms with Gasteiger partial charge in [-0.2, -0.15) is 0 Å². The first-order valence-electron chi connectivity index (χ1n) is 9.45. The molecule has 2 aromatic rings. The zero-order valence-electron chi connectivity index (χ0n) is 15.4. The summed E-state index contributed by atoms with van der Waals surface area (Å²) in [7, 11) is -3.42. The van der Waals surface area contributed by atoms with Gasteiger partial charge in [-0.1, -0.05) is 30.3 Å². The number of hydrogen-bond acceptors (Lipinski definition) is 3. The molecule has 1 heterocycles. The molecule has 0 unspecified atom stereocenters. The number of nitrogens with zero attached hydrogens (tertiary/aromatic N) is 1. The zero-order valence-corrected chi connectivity index (χ0v) is 16.2. The molecule has 1 fully saturated rings. The van der Waals surface area contributed by atoms with E-state index in [2.05, 4.69) is 17.7 Å². The maximum absolute atomic E-state index is 12.8. The molecule has 0 radical (unpaired) electrons. The Labute approximate surface area is 160 Å². The molecule has 142 valence electrons. The Kier molecular flexibility index (Phi) is 4.78. The summed E-state index contributed by atoms with van der Waals surface area (Å²) in [6.07, 6.45) is 3.73. The lowest BCUT2D eigenvalue weighted by molar-refractivity contribution is -0.118. The molecule has 1 amide bonds. The molecule has 4 rings (SSSR count). The standard InChI is InChI=1S/C21H24N2O3S/c1-15-14-17-4-2-3-5-20(17)23(15)21(24)13-8-16-6-11-19(12-7-16)27(25,26)22-18-9-10-18/h2-7,11-12,15,18,22H,8-10,13-14H2,1H3/t15-/m1/s1. The van der Waals surface area contributed by atoms with E-state index < -0.39 is 10.0 Å². The predicted molar refractivity (Wildman–Crippen MR) is 105 cm³/mol. The van der Waals surface area contributed by atoms with E-state index in [0.29, 0.717) is 12.8 Å². The van der Waals surface area contributed by atoms with Gasteiger partial charge in [-0.05, 0) is 61.9 Å². The van der Waals surface area contributed by atoms with Crippen molar-refractivity contribution in [3.05, 3.63) is 59.7 Å². The van der Waals surface area contributed by atoms with E-state index in [1.165, 1.54) is 5.56 Å². The summed E-state index contributed by atoms with van der Waals surface area (Å²) in [6.45, 7) is 2.07. The van der Waals surface area contributed by atoms with E-state index in [9.17, 15) is 13.2 Å². The van der Waals surface area contributed by atoms with Crippen molar-refractivity contribution in [3.8, 4) is 0 Å². The van der Waals surface area contributed by atoms with Crippen LogP contribution in [0, 0.1) is 0 Å². The second kappa shape index (κ2) is 7.09. The van der Waals surface area contributed by atoms with E-state index in [-0.39, 0.29) is 22.9 Å². The number of hydrogen-bond donors (Lipinski definition) is 1. The maximum Gasteiger partial charge on any atom is 0.240 e. The second-order valence-corrected chi connectivity index (χ2v) is 9.20. The summed E-state index contributed by atoms with van der Waals surface area (Å²) in [5, 5.41) is 0. The Hall–Kier alpha value is -2.18. The van der Waals surface area contributed by atoms with Crippen molar-refractivity contribution in [3.63, 3.8) is 0 Å². The van der Waals surface area contributed by atoms with Crippen LogP contribution in [0.4, 0.5) is 5.69 Å². The third-order valence-electron chi connectivity index (χ3n) is 5.24. The van der Waals surface area contributed by atoms with Crippen molar-refractivity contribution < 1.29 is 13.2 Å². The highest BCUT2D eigenvalue weighted by Crippen LogP contribution is 2.32. The molecular formula is C21H24N2O3S. The molecule has 0 aromatic heterocycles. The molecule has 27 heavy (non-hydrogen) atoms. The van der Waals surface area contributed by atoms with Gasteiger partial charge in [-0.25, -0.2) is 13.1 Å². The highest BCUT2D eigenvalue weighted by atomic mass is 32.2. The summed E-state index contributed by atoms with van der Waals surface area (Å²) in [6, 6.07) is 15.2. The van der Waals surface area contributed by atoms with Crippen LogP contribution >= 0.6 is 0 Å².